The number of carbonyl (C=O) groups is 2. The second-order valence-corrected chi connectivity index (χ2v) is 5.83. The molecule has 3 N–H and O–H groups in total. The van der Waals surface area contributed by atoms with Crippen LogP contribution in [-0.2, 0) is 11.2 Å². The van der Waals surface area contributed by atoms with E-state index in [4.69, 9.17) is 10.5 Å². The molecule has 0 spiro atoms. The summed E-state index contributed by atoms with van der Waals surface area (Å²) in [4.78, 5) is 24.2. The summed E-state index contributed by atoms with van der Waals surface area (Å²) in [5.41, 5.74) is 9.10. The van der Waals surface area contributed by atoms with Crippen molar-refractivity contribution in [2.75, 3.05) is 12.8 Å². The molecule has 2 aromatic heterocycles. The highest BCUT2D eigenvalue weighted by Gasteiger charge is 2.24. The number of ether oxygens (including phenoxy) is 1. The number of ketones is 1. The van der Waals surface area contributed by atoms with E-state index >= 15 is 0 Å². The van der Waals surface area contributed by atoms with Crippen LogP contribution in [-0.4, -0.2) is 28.4 Å². The van der Waals surface area contributed by atoms with Crippen molar-refractivity contribution in [1.29, 1.82) is 0 Å². The Bertz CT molecular complexity index is 988. The van der Waals surface area contributed by atoms with Gasteiger partial charge in [0.2, 0.25) is 5.78 Å². The first-order valence-electron chi connectivity index (χ1n) is 7.72. The van der Waals surface area contributed by atoms with Crippen molar-refractivity contribution in [2.45, 2.75) is 13.3 Å². The van der Waals surface area contributed by atoms with Crippen molar-refractivity contribution < 1.29 is 19.4 Å². The van der Waals surface area contributed by atoms with E-state index in [0.29, 0.717) is 22.4 Å². The summed E-state index contributed by atoms with van der Waals surface area (Å²) >= 11 is 0. The molecule has 0 aliphatic carbocycles. The van der Waals surface area contributed by atoms with E-state index < -0.39 is 5.97 Å². The summed E-state index contributed by atoms with van der Waals surface area (Å²) < 4.78 is 6.82. The Hall–Kier alpha value is -3.28. The number of rotatable bonds is 5. The van der Waals surface area contributed by atoms with Crippen LogP contribution in [0.2, 0.25) is 0 Å². The lowest BCUT2D eigenvalue weighted by Gasteiger charge is -2.06. The lowest BCUT2D eigenvalue weighted by Crippen LogP contribution is -2.09. The number of pyridine rings is 1. The number of aryl methyl sites for hydroxylation is 1. The first kappa shape index (κ1) is 16.6. The largest absolute Gasteiger partial charge is 0.497 e. The molecule has 0 unspecified atom stereocenters. The summed E-state index contributed by atoms with van der Waals surface area (Å²) in [7, 11) is 1.53. The van der Waals surface area contributed by atoms with Crippen LogP contribution in [0.3, 0.4) is 0 Å². The summed E-state index contributed by atoms with van der Waals surface area (Å²) in [6, 6.07) is 10.5. The number of aliphatic carboxylic acids is 1. The number of benzene rings is 1. The van der Waals surface area contributed by atoms with Gasteiger partial charge in [0, 0.05) is 17.3 Å². The van der Waals surface area contributed by atoms with Gasteiger partial charge in [-0.3, -0.25) is 9.59 Å². The smallest absolute Gasteiger partial charge is 0.307 e. The number of hydrogen-bond acceptors (Lipinski definition) is 4. The van der Waals surface area contributed by atoms with Gasteiger partial charge < -0.3 is 20.0 Å². The van der Waals surface area contributed by atoms with E-state index in [1.165, 1.54) is 7.11 Å². The van der Waals surface area contributed by atoms with E-state index in [1.807, 2.05) is 19.1 Å². The maximum Gasteiger partial charge on any atom is 0.307 e. The molecule has 2 heterocycles. The molecular weight excluding hydrogens is 320 g/mol. The van der Waals surface area contributed by atoms with Crippen LogP contribution < -0.4 is 10.5 Å². The number of hydrogen-bond donors (Lipinski definition) is 2. The van der Waals surface area contributed by atoms with E-state index in [9.17, 15) is 14.7 Å². The van der Waals surface area contributed by atoms with Gasteiger partial charge in [-0.1, -0.05) is 12.1 Å². The minimum absolute atomic E-state index is 0.195. The molecule has 0 amide bonds. The molecular formula is C19H18N2O4. The van der Waals surface area contributed by atoms with Gasteiger partial charge in [-0.2, -0.15) is 0 Å². The molecule has 25 heavy (non-hydrogen) atoms. The first-order valence-corrected chi connectivity index (χ1v) is 7.72. The molecule has 6 nitrogen and oxygen atoms in total. The van der Waals surface area contributed by atoms with E-state index in [-0.39, 0.29) is 23.6 Å². The molecule has 3 rings (SSSR count). The highest BCUT2D eigenvalue weighted by Crippen LogP contribution is 2.30. The van der Waals surface area contributed by atoms with Crippen LogP contribution in [0.5, 0.6) is 5.75 Å². The van der Waals surface area contributed by atoms with Crippen LogP contribution in [0.4, 0.5) is 5.69 Å². The van der Waals surface area contributed by atoms with Crippen molar-refractivity contribution in [2.24, 2.45) is 0 Å². The molecule has 128 valence electrons. The lowest BCUT2D eigenvalue weighted by molar-refractivity contribution is -0.136. The molecule has 0 radical (unpaired) electrons. The predicted molar refractivity (Wildman–Crippen MR) is 94.3 cm³/mol. The van der Waals surface area contributed by atoms with Crippen molar-refractivity contribution in [3.8, 4) is 5.75 Å². The summed E-state index contributed by atoms with van der Waals surface area (Å²) in [5, 5.41) is 9.19. The SMILES string of the molecule is COc1cccc(C(=O)c2c(N)c(CC(=O)O)c3cc(C)ccn23)c1. The van der Waals surface area contributed by atoms with Crippen molar-refractivity contribution >= 4 is 23.0 Å². The van der Waals surface area contributed by atoms with Crippen LogP contribution in [0.1, 0.15) is 27.2 Å². The van der Waals surface area contributed by atoms with Gasteiger partial charge in [0.1, 0.15) is 11.4 Å². The van der Waals surface area contributed by atoms with Crippen molar-refractivity contribution in [3.63, 3.8) is 0 Å². The number of carboxylic acid groups (broad SMARTS) is 1. The zero-order chi connectivity index (χ0) is 18.1. The maximum atomic E-state index is 13.0. The molecule has 1 aromatic carbocycles. The number of carbonyl (C=O) groups excluding carboxylic acids is 1. The van der Waals surface area contributed by atoms with Gasteiger partial charge in [0.25, 0.3) is 0 Å². The standard InChI is InChI=1S/C19H18N2O4/c1-11-6-7-21-15(8-11)14(10-16(22)23)17(20)18(21)19(24)12-4-3-5-13(9-12)25-2/h3-9H,10,20H2,1-2H3,(H,22,23). The van der Waals surface area contributed by atoms with E-state index in [0.717, 1.165) is 5.56 Å². The van der Waals surface area contributed by atoms with E-state index in [1.54, 1.807) is 34.9 Å². The van der Waals surface area contributed by atoms with E-state index in [2.05, 4.69) is 0 Å². The minimum atomic E-state index is -0.999. The summed E-state index contributed by atoms with van der Waals surface area (Å²) in [6.45, 7) is 1.90. The third kappa shape index (κ3) is 2.94. The zero-order valence-electron chi connectivity index (χ0n) is 13.9. The fourth-order valence-corrected chi connectivity index (χ4v) is 2.91. The number of nitrogens with two attached hydrogens (primary N) is 1. The Balaban J connectivity index is 2.23. The van der Waals surface area contributed by atoms with Crippen LogP contribution >= 0.6 is 0 Å². The van der Waals surface area contributed by atoms with Crippen LogP contribution in [0, 0.1) is 6.92 Å². The topological polar surface area (TPSA) is 94.0 Å². The normalized spacial score (nSPS) is 10.8. The third-order valence-electron chi connectivity index (χ3n) is 4.12. The number of aromatic nitrogens is 1. The first-order chi connectivity index (χ1) is 11.9. The van der Waals surface area contributed by atoms with Crippen molar-refractivity contribution in [3.05, 3.63) is 65.0 Å². The average molecular weight is 338 g/mol. The Morgan fingerprint density at radius 3 is 2.68 bits per heavy atom. The number of anilines is 1. The van der Waals surface area contributed by atoms with Crippen molar-refractivity contribution in [1.82, 2.24) is 4.40 Å². The highest BCUT2D eigenvalue weighted by molar-refractivity contribution is 6.13. The Morgan fingerprint density at radius 1 is 1.24 bits per heavy atom. The van der Waals surface area contributed by atoms with Gasteiger partial charge in [-0.15, -0.1) is 0 Å². The molecule has 0 aliphatic heterocycles. The number of fused-ring (bicyclic) bond motifs is 1. The number of nitrogens with zero attached hydrogens (tertiary/aromatic N) is 1. The monoisotopic (exact) mass is 338 g/mol. The predicted octanol–water partition coefficient (Wildman–Crippen LogP) is 2.70. The molecule has 0 aliphatic rings. The quantitative estimate of drug-likeness (QED) is 0.698. The molecule has 6 heteroatoms. The zero-order valence-corrected chi connectivity index (χ0v) is 13.9. The number of nitrogen functional groups attached to an aromatic ring is 1. The highest BCUT2D eigenvalue weighted by atomic mass is 16.5. The van der Waals surface area contributed by atoms with Crippen LogP contribution in [0.15, 0.2) is 42.6 Å². The van der Waals surface area contributed by atoms with Gasteiger partial charge in [-0.05, 0) is 36.8 Å². The van der Waals surface area contributed by atoms with Gasteiger partial charge >= 0.3 is 5.97 Å². The second kappa shape index (κ2) is 6.32. The Labute approximate surface area is 144 Å². The third-order valence-corrected chi connectivity index (χ3v) is 4.12. The summed E-state index contributed by atoms with van der Waals surface area (Å²) in [5.74, 6) is -0.722. The van der Waals surface area contributed by atoms with Gasteiger partial charge in [-0.25, -0.2) is 0 Å². The molecule has 0 bridgehead atoms. The van der Waals surface area contributed by atoms with Gasteiger partial charge in [0.05, 0.1) is 24.7 Å². The molecule has 3 aromatic rings. The summed E-state index contributed by atoms with van der Waals surface area (Å²) in [6.07, 6.45) is 1.49. The minimum Gasteiger partial charge on any atom is -0.497 e. The number of carboxylic acids is 1. The van der Waals surface area contributed by atoms with Gasteiger partial charge in [0.15, 0.2) is 0 Å². The Kier molecular flexibility index (Phi) is 4.19. The molecule has 0 atom stereocenters. The lowest BCUT2D eigenvalue weighted by atomic mass is 10.1. The molecule has 0 fully saturated rings. The van der Waals surface area contributed by atoms with Crippen LogP contribution in [0.25, 0.3) is 5.52 Å². The Morgan fingerprint density at radius 2 is 2.00 bits per heavy atom. The maximum absolute atomic E-state index is 13.0. The second-order valence-electron chi connectivity index (χ2n) is 5.83. The fourth-order valence-electron chi connectivity index (χ4n) is 2.91. The molecule has 0 saturated carbocycles. The average Bonchev–Trinajstić information content (AvgIpc) is 2.85. The molecule has 0 saturated heterocycles. The fraction of sp³-hybridized carbons (Fsp3) is 0.158. The number of methoxy groups -OCH3 is 1.